The molecule has 0 atom stereocenters. The molecule has 2 aromatic rings. The zero-order valence-electron chi connectivity index (χ0n) is 16.5. The van der Waals surface area contributed by atoms with E-state index in [-0.39, 0.29) is 23.9 Å². The standard InChI is InChI=1S/C21H26BrN3O3S/c1-2-17-3-5-18(6-4-17)15-25(16-21(26)24-13-11-23-12-14-24)29(27,28)20-9-7-19(22)8-10-20/h3-10,23H,2,11-16H2,1H3. The van der Waals surface area contributed by atoms with Crippen LogP contribution in [0.4, 0.5) is 0 Å². The number of aryl methyl sites for hydroxylation is 1. The van der Waals surface area contributed by atoms with Crippen molar-refractivity contribution in [2.45, 2.75) is 24.8 Å². The van der Waals surface area contributed by atoms with Gasteiger partial charge in [0.25, 0.3) is 0 Å². The molecule has 0 unspecified atom stereocenters. The Bertz CT molecular complexity index is 925. The van der Waals surface area contributed by atoms with Crippen LogP contribution in [0.3, 0.4) is 0 Å². The first-order valence-electron chi connectivity index (χ1n) is 9.72. The highest BCUT2D eigenvalue weighted by atomic mass is 79.9. The van der Waals surface area contributed by atoms with Gasteiger partial charge in [-0.05, 0) is 41.8 Å². The minimum absolute atomic E-state index is 0.153. The molecule has 29 heavy (non-hydrogen) atoms. The molecule has 1 aliphatic heterocycles. The number of benzene rings is 2. The molecule has 3 rings (SSSR count). The van der Waals surface area contributed by atoms with Crippen LogP contribution in [0.5, 0.6) is 0 Å². The van der Waals surface area contributed by atoms with Crippen molar-refractivity contribution in [1.82, 2.24) is 14.5 Å². The molecule has 0 bridgehead atoms. The Labute approximate surface area is 181 Å². The van der Waals surface area contributed by atoms with Crippen LogP contribution in [0.15, 0.2) is 57.9 Å². The van der Waals surface area contributed by atoms with E-state index in [0.717, 1.165) is 29.5 Å². The normalized spacial score (nSPS) is 14.9. The van der Waals surface area contributed by atoms with Gasteiger partial charge in [-0.25, -0.2) is 8.42 Å². The summed E-state index contributed by atoms with van der Waals surface area (Å²) in [5.41, 5.74) is 2.05. The number of nitrogens with one attached hydrogen (secondary N) is 1. The van der Waals surface area contributed by atoms with Crippen molar-refractivity contribution in [1.29, 1.82) is 0 Å². The number of carbonyl (C=O) groups excluding carboxylic acids is 1. The number of halogens is 1. The predicted octanol–water partition coefficient (Wildman–Crippen LogP) is 2.63. The number of carbonyl (C=O) groups is 1. The summed E-state index contributed by atoms with van der Waals surface area (Å²) in [5.74, 6) is -0.169. The van der Waals surface area contributed by atoms with Crippen LogP contribution >= 0.6 is 15.9 Å². The van der Waals surface area contributed by atoms with E-state index in [4.69, 9.17) is 0 Å². The fraction of sp³-hybridized carbons (Fsp3) is 0.381. The van der Waals surface area contributed by atoms with Gasteiger partial charge in [0.1, 0.15) is 0 Å². The molecule has 2 aromatic carbocycles. The van der Waals surface area contributed by atoms with Gasteiger partial charge in [0, 0.05) is 37.2 Å². The molecule has 0 radical (unpaired) electrons. The van der Waals surface area contributed by atoms with Crippen LogP contribution < -0.4 is 5.32 Å². The van der Waals surface area contributed by atoms with Crippen molar-refractivity contribution in [2.75, 3.05) is 32.7 Å². The quantitative estimate of drug-likeness (QED) is 0.662. The van der Waals surface area contributed by atoms with E-state index in [1.54, 1.807) is 29.2 Å². The number of nitrogens with zero attached hydrogens (tertiary/aromatic N) is 2. The van der Waals surface area contributed by atoms with E-state index in [1.807, 2.05) is 24.3 Å². The van der Waals surface area contributed by atoms with Crippen molar-refractivity contribution >= 4 is 31.9 Å². The van der Waals surface area contributed by atoms with Gasteiger partial charge in [0.15, 0.2) is 0 Å². The van der Waals surface area contributed by atoms with Crippen molar-refractivity contribution in [2.24, 2.45) is 0 Å². The largest absolute Gasteiger partial charge is 0.339 e. The van der Waals surface area contributed by atoms with Crippen LogP contribution in [0.25, 0.3) is 0 Å². The van der Waals surface area contributed by atoms with Crippen LogP contribution in [0.1, 0.15) is 18.1 Å². The maximum absolute atomic E-state index is 13.3. The Balaban J connectivity index is 1.86. The van der Waals surface area contributed by atoms with Crippen molar-refractivity contribution in [3.63, 3.8) is 0 Å². The summed E-state index contributed by atoms with van der Waals surface area (Å²) in [7, 11) is -3.82. The smallest absolute Gasteiger partial charge is 0.243 e. The first-order valence-corrected chi connectivity index (χ1v) is 12.0. The third kappa shape index (κ3) is 5.66. The molecular weight excluding hydrogens is 454 g/mol. The monoisotopic (exact) mass is 479 g/mol. The van der Waals surface area contributed by atoms with Crippen molar-refractivity contribution in [3.05, 3.63) is 64.1 Å². The Morgan fingerprint density at radius 1 is 1.03 bits per heavy atom. The number of hydrogen-bond acceptors (Lipinski definition) is 4. The molecule has 1 N–H and O–H groups in total. The Hall–Kier alpha value is -1.74. The van der Waals surface area contributed by atoms with Crippen LogP contribution in [0, 0.1) is 0 Å². The fourth-order valence-corrected chi connectivity index (χ4v) is 4.87. The molecular formula is C21H26BrN3O3S. The second kappa shape index (κ2) is 9.84. The average Bonchev–Trinajstić information content (AvgIpc) is 2.74. The van der Waals surface area contributed by atoms with Gasteiger partial charge in [-0.1, -0.05) is 47.1 Å². The van der Waals surface area contributed by atoms with Gasteiger partial charge in [-0.2, -0.15) is 4.31 Å². The molecule has 1 saturated heterocycles. The van der Waals surface area contributed by atoms with Gasteiger partial charge >= 0.3 is 0 Å². The summed E-state index contributed by atoms with van der Waals surface area (Å²) in [6, 6.07) is 14.4. The first kappa shape index (κ1) is 22.0. The van der Waals surface area contributed by atoms with Crippen LogP contribution in [0.2, 0.25) is 0 Å². The second-order valence-electron chi connectivity index (χ2n) is 7.03. The van der Waals surface area contributed by atoms with E-state index in [9.17, 15) is 13.2 Å². The van der Waals surface area contributed by atoms with Gasteiger partial charge < -0.3 is 10.2 Å². The summed E-state index contributed by atoms with van der Waals surface area (Å²) in [6.45, 7) is 4.69. The molecule has 8 heteroatoms. The lowest BCUT2D eigenvalue weighted by Gasteiger charge is -2.30. The molecule has 156 valence electrons. The lowest BCUT2D eigenvalue weighted by molar-refractivity contribution is -0.132. The molecule has 1 amide bonds. The molecule has 1 heterocycles. The zero-order valence-corrected chi connectivity index (χ0v) is 18.9. The number of amides is 1. The van der Waals surface area contributed by atoms with Crippen molar-refractivity contribution in [3.8, 4) is 0 Å². The summed E-state index contributed by atoms with van der Waals surface area (Å²) in [6.07, 6.45) is 0.919. The van der Waals surface area contributed by atoms with Crippen molar-refractivity contribution < 1.29 is 13.2 Å². The van der Waals surface area contributed by atoms with E-state index in [1.165, 1.54) is 9.87 Å². The molecule has 0 aliphatic carbocycles. The summed E-state index contributed by atoms with van der Waals surface area (Å²) < 4.78 is 28.7. The minimum Gasteiger partial charge on any atom is -0.339 e. The van der Waals surface area contributed by atoms with Gasteiger partial charge in [-0.3, -0.25) is 4.79 Å². The molecule has 6 nitrogen and oxygen atoms in total. The number of hydrogen-bond donors (Lipinski definition) is 1. The molecule has 0 spiro atoms. The Morgan fingerprint density at radius 2 is 1.62 bits per heavy atom. The predicted molar refractivity (Wildman–Crippen MR) is 117 cm³/mol. The maximum Gasteiger partial charge on any atom is 0.243 e. The van der Waals surface area contributed by atoms with E-state index >= 15 is 0 Å². The number of piperazine rings is 1. The lowest BCUT2D eigenvalue weighted by Crippen LogP contribution is -2.50. The molecule has 1 fully saturated rings. The zero-order chi connectivity index (χ0) is 20.9. The van der Waals surface area contributed by atoms with Gasteiger partial charge in [-0.15, -0.1) is 0 Å². The van der Waals surface area contributed by atoms with Crippen LogP contribution in [-0.2, 0) is 27.8 Å². The fourth-order valence-electron chi connectivity index (χ4n) is 3.23. The van der Waals surface area contributed by atoms with Gasteiger partial charge in [0.05, 0.1) is 11.4 Å². The highest BCUT2D eigenvalue weighted by Gasteiger charge is 2.29. The second-order valence-corrected chi connectivity index (χ2v) is 9.88. The third-order valence-electron chi connectivity index (χ3n) is 5.02. The summed E-state index contributed by atoms with van der Waals surface area (Å²) in [5, 5.41) is 3.20. The minimum atomic E-state index is -3.82. The Kier molecular flexibility index (Phi) is 7.45. The Morgan fingerprint density at radius 3 is 2.21 bits per heavy atom. The van der Waals surface area contributed by atoms with E-state index in [0.29, 0.717) is 13.1 Å². The number of sulfonamides is 1. The summed E-state index contributed by atoms with van der Waals surface area (Å²) >= 11 is 3.33. The number of rotatable bonds is 7. The van der Waals surface area contributed by atoms with Crippen LogP contribution in [-0.4, -0.2) is 56.3 Å². The molecule has 0 aromatic heterocycles. The SMILES string of the molecule is CCc1ccc(CN(CC(=O)N2CCNCC2)S(=O)(=O)c2ccc(Br)cc2)cc1. The van der Waals surface area contributed by atoms with E-state index < -0.39 is 10.0 Å². The third-order valence-corrected chi connectivity index (χ3v) is 7.36. The highest BCUT2D eigenvalue weighted by Crippen LogP contribution is 2.21. The maximum atomic E-state index is 13.3. The first-order chi connectivity index (χ1) is 13.9. The highest BCUT2D eigenvalue weighted by molar-refractivity contribution is 9.10. The molecule has 0 saturated carbocycles. The van der Waals surface area contributed by atoms with E-state index in [2.05, 4.69) is 28.2 Å². The summed E-state index contributed by atoms with van der Waals surface area (Å²) in [4.78, 5) is 14.7. The lowest BCUT2D eigenvalue weighted by atomic mass is 10.1. The van der Waals surface area contributed by atoms with Gasteiger partial charge in [0.2, 0.25) is 15.9 Å². The molecule has 1 aliphatic rings. The average molecular weight is 480 g/mol. The topological polar surface area (TPSA) is 69.7 Å².